The monoisotopic (exact) mass is 334 g/mol. The summed E-state index contributed by atoms with van der Waals surface area (Å²) < 4.78 is 29.7. The molecular weight excluding hydrogens is 304 g/mol. The van der Waals surface area contributed by atoms with E-state index in [0.29, 0.717) is 24.5 Å². The van der Waals surface area contributed by atoms with Crippen molar-refractivity contribution in [1.29, 1.82) is 0 Å². The highest BCUT2D eigenvalue weighted by Gasteiger charge is 2.33. The predicted molar refractivity (Wildman–Crippen MR) is 89.6 cm³/mol. The molecule has 8 heteroatoms. The maximum atomic E-state index is 11.0. The van der Waals surface area contributed by atoms with E-state index in [1.165, 1.54) is 25.7 Å². The number of nitrogens with one attached hydrogen (secondary N) is 3. The summed E-state index contributed by atoms with van der Waals surface area (Å²) in [6, 6.07) is 0. The zero-order valence-corrected chi connectivity index (χ0v) is 14.8. The molecule has 0 radical (unpaired) electrons. The molecule has 22 heavy (non-hydrogen) atoms. The quantitative estimate of drug-likeness (QED) is 0.320. The van der Waals surface area contributed by atoms with Gasteiger partial charge in [0.1, 0.15) is 0 Å². The summed E-state index contributed by atoms with van der Waals surface area (Å²) in [4.78, 5) is 4.18. The molecule has 0 saturated heterocycles. The Labute approximate surface area is 134 Å². The Bertz CT molecular complexity index is 445. The van der Waals surface area contributed by atoms with E-state index in [1.807, 2.05) is 0 Å². The van der Waals surface area contributed by atoms with Gasteiger partial charge in [-0.3, -0.25) is 4.99 Å². The summed E-state index contributed by atoms with van der Waals surface area (Å²) in [6.45, 7) is 2.49. The molecular formula is C14H30N4O3S. The Hall–Kier alpha value is -0.860. The third-order valence-electron chi connectivity index (χ3n) is 4.14. The van der Waals surface area contributed by atoms with Gasteiger partial charge in [-0.25, -0.2) is 13.1 Å². The van der Waals surface area contributed by atoms with Crippen LogP contribution in [0, 0.1) is 5.41 Å². The van der Waals surface area contributed by atoms with Crippen LogP contribution >= 0.6 is 0 Å². The number of hydrogen-bond acceptors (Lipinski definition) is 4. The molecule has 0 amide bonds. The molecule has 0 aromatic carbocycles. The molecule has 0 bridgehead atoms. The third-order valence-corrected chi connectivity index (χ3v) is 4.87. The molecule has 1 aliphatic carbocycles. The largest absolute Gasteiger partial charge is 0.385 e. The Kier molecular flexibility index (Phi) is 8.13. The third kappa shape index (κ3) is 7.42. The first-order chi connectivity index (χ1) is 10.4. The van der Waals surface area contributed by atoms with E-state index in [-0.39, 0.29) is 0 Å². The van der Waals surface area contributed by atoms with Gasteiger partial charge in [0.2, 0.25) is 10.0 Å². The molecule has 1 aliphatic rings. The second kappa shape index (κ2) is 9.32. The molecule has 1 saturated carbocycles. The van der Waals surface area contributed by atoms with Gasteiger partial charge in [-0.05, 0) is 24.7 Å². The summed E-state index contributed by atoms with van der Waals surface area (Å²) in [6.07, 6.45) is 7.19. The molecule has 0 aromatic rings. The van der Waals surface area contributed by atoms with Crippen LogP contribution in [0.2, 0.25) is 0 Å². The van der Waals surface area contributed by atoms with E-state index in [2.05, 4.69) is 20.3 Å². The van der Waals surface area contributed by atoms with Gasteiger partial charge in [0.05, 0.1) is 6.26 Å². The van der Waals surface area contributed by atoms with Crippen LogP contribution in [0.15, 0.2) is 4.99 Å². The lowest BCUT2D eigenvalue weighted by Gasteiger charge is -2.29. The smallest absolute Gasteiger partial charge is 0.208 e. The Morgan fingerprint density at radius 3 is 2.45 bits per heavy atom. The fraction of sp³-hybridized carbons (Fsp3) is 0.929. The van der Waals surface area contributed by atoms with Crippen molar-refractivity contribution in [2.24, 2.45) is 10.4 Å². The lowest BCUT2D eigenvalue weighted by atomic mass is 9.83. The predicted octanol–water partition coefficient (Wildman–Crippen LogP) is 0.298. The van der Waals surface area contributed by atoms with Crippen LogP contribution in [0.25, 0.3) is 0 Å². The average Bonchev–Trinajstić information content (AvgIpc) is 2.92. The van der Waals surface area contributed by atoms with Gasteiger partial charge in [0, 0.05) is 40.4 Å². The van der Waals surface area contributed by atoms with Gasteiger partial charge < -0.3 is 15.4 Å². The summed E-state index contributed by atoms with van der Waals surface area (Å²) in [7, 11) is 0.321. The van der Waals surface area contributed by atoms with Crippen LogP contribution in [0.3, 0.4) is 0 Å². The van der Waals surface area contributed by atoms with Crippen molar-refractivity contribution in [3.05, 3.63) is 0 Å². The molecule has 3 N–H and O–H groups in total. The lowest BCUT2D eigenvalue weighted by Crippen LogP contribution is -2.45. The molecule has 0 atom stereocenters. The molecule has 0 aliphatic heterocycles. The van der Waals surface area contributed by atoms with E-state index in [1.54, 1.807) is 14.2 Å². The number of aliphatic imine (C=N–C) groups is 1. The zero-order chi connectivity index (χ0) is 16.5. The number of methoxy groups -OCH3 is 1. The average molecular weight is 334 g/mol. The van der Waals surface area contributed by atoms with Crippen LogP contribution in [-0.2, 0) is 14.8 Å². The topological polar surface area (TPSA) is 91.8 Å². The maximum Gasteiger partial charge on any atom is 0.208 e. The summed E-state index contributed by atoms with van der Waals surface area (Å²) in [5.41, 5.74) is 0.290. The van der Waals surface area contributed by atoms with E-state index in [4.69, 9.17) is 4.74 Å². The van der Waals surface area contributed by atoms with Crippen LogP contribution < -0.4 is 15.4 Å². The minimum Gasteiger partial charge on any atom is -0.385 e. The van der Waals surface area contributed by atoms with Gasteiger partial charge >= 0.3 is 0 Å². The van der Waals surface area contributed by atoms with E-state index in [9.17, 15) is 8.42 Å². The number of hydrogen-bond donors (Lipinski definition) is 3. The van der Waals surface area contributed by atoms with Crippen molar-refractivity contribution in [3.8, 4) is 0 Å². The molecule has 0 aromatic heterocycles. The highest BCUT2D eigenvalue weighted by Crippen LogP contribution is 2.40. The standard InChI is InChI=1S/C14H30N4O3S/c1-15-13(16-9-10-18-22(3,19)20)17-12-14(8-11-21-2)6-4-5-7-14/h18H,4-12H2,1-3H3,(H2,15,16,17). The summed E-state index contributed by atoms with van der Waals surface area (Å²) in [5.74, 6) is 0.707. The number of sulfonamides is 1. The Balaban J connectivity index is 2.35. The van der Waals surface area contributed by atoms with Crippen LogP contribution in [0.4, 0.5) is 0 Å². The second-order valence-electron chi connectivity index (χ2n) is 5.97. The molecule has 1 rings (SSSR count). The normalized spacial score (nSPS) is 18.4. The minimum atomic E-state index is -3.14. The van der Waals surface area contributed by atoms with Crippen LogP contribution in [0.5, 0.6) is 0 Å². The van der Waals surface area contributed by atoms with Gasteiger partial charge in [0.15, 0.2) is 5.96 Å². The number of nitrogens with zero attached hydrogens (tertiary/aromatic N) is 1. The van der Waals surface area contributed by atoms with Crippen molar-refractivity contribution < 1.29 is 13.2 Å². The summed E-state index contributed by atoms with van der Waals surface area (Å²) in [5, 5.41) is 6.48. The fourth-order valence-corrected chi connectivity index (χ4v) is 3.34. The van der Waals surface area contributed by atoms with Crippen molar-refractivity contribution in [2.45, 2.75) is 32.1 Å². The maximum absolute atomic E-state index is 11.0. The lowest BCUT2D eigenvalue weighted by molar-refractivity contribution is 0.138. The van der Waals surface area contributed by atoms with E-state index in [0.717, 1.165) is 25.8 Å². The number of rotatable bonds is 9. The fourth-order valence-electron chi connectivity index (χ4n) is 2.87. The minimum absolute atomic E-state index is 0.290. The Morgan fingerprint density at radius 1 is 1.23 bits per heavy atom. The molecule has 130 valence electrons. The second-order valence-corrected chi connectivity index (χ2v) is 7.80. The first-order valence-corrected chi connectivity index (χ1v) is 9.68. The van der Waals surface area contributed by atoms with Crippen molar-refractivity contribution >= 4 is 16.0 Å². The highest BCUT2D eigenvalue weighted by molar-refractivity contribution is 7.88. The molecule has 0 spiro atoms. The van der Waals surface area contributed by atoms with Gasteiger partial charge in [-0.1, -0.05) is 12.8 Å². The summed E-state index contributed by atoms with van der Waals surface area (Å²) >= 11 is 0. The molecule has 7 nitrogen and oxygen atoms in total. The molecule has 0 unspecified atom stereocenters. The van der Waals surface area contributed by atoms with Crippen molar-refractivity contribution in [2.75, 3.05) is 46.7 Å². The SMILES string of the molecule is CN=C(NCCNS(C)(=O)=O)NCC1(CCOC)CCCC1. The van der Waals surface area contributed by atoms with Crippen molar-refractivity contribution in [1.82, 2.24) is 15.4 Å². The van der Waals surface area contributed by atoms with E-state index >= 15 is 0 Å². The Morgan fingerprint density at radius 2 is 1.91 bits per heavy atom. The van der Waals surface area contributed by atoms with Gasteiger partial charge in [-0.15, -0.1) is 0 Å². The highest BCUT2D eigenvalue weighted by atomic mass is 32.2. The number of guanidine groups is 1. The number of ether oxygens (including phenoxy) is 1. The van der Waals surface area contributed by atoms with Gasteiger partial charge in [-0.2, -0.15) is 0 Å². The van der Waals surface area contributed by atoms with Crippen molar-refractivity contribution in [3.63, 3.8) is 0 Å². The van der Waals surface area contributed by atoms with Crippen LogP contribution in [-0.4, -0.2) is 61.0 Å². The molecule has 0 heterocycles. The van der Waals surface area contributed by atoms with Crippen LogP contribution in [0.1, 0.15) is 32.1 Å². The van der Waals surface area contributed by atoms with E-state index < -0.39 is 10.0 Å². The van der Waals surface area contributed by atoms with Gasteiger partial charge in [0.25, 0.3) is 0 Å². The first-order valence-electron chi connectivity index (χ1n) is 7.79. The molecule has 1 fully saturated rings. The first kappa shape index (κ1) is 19.2. The zero-order valence-electron chi connectivity index (χ0n) is 13.9.